The second kappa shape index (κ2) is 5.34. The molecule has 1 heterocycles. The molecule has 1 saturated heterocycles. The molecule has 0 aromatic carbocycles. The normalized spacial score (nSPS) is 23.4. The number of carbonyl (C=O) groups is 1. The maximum absolute atomic E-state index is 11.8. The predicted molar refractivity (Wildman–Crippen MR) is 49.3 cm³/mol. The molecule has 2 N–H and O–H groups in total. The molecule has 6 heteroatoms. The molecule has 1 aliphatic rings. The van der Waals surface area contributed by atoms with E-state index >= 15 is 0 Å². The van der Waals surface area contributed by atoms with Crippen molar-refractivity contribution < 1.29 is 18.0 Å². The van der Waals surface area contributed by atoms with Crippen LogP contribution in [0.2, 0.25) is 0 Å². The molecule has 88 valence electrons. The maximum Gasteiger partial charge on any atom is 0.390 e. The van der Waals surface area contributed by atoms with Crippen LogP contribution in [0.15, 0.2) is 0 Å². The summed E-state index contributed by atoms with van der Waals surface area (Å²) < 4.78 is 35.5. The first-order valence-corrected chi connectivity index (χ1v) is 5.07. The van der Waals surface area contributed by atoms with Gasteiger partial charge in [-0.15, -0.1) is 0 Å². The minimum Gasteiger partial charge on any atom is -0.355 e. The molecule has 15 heavy (non-hydrogen) atoms. The van der Waals surface area contributed by atoms with Crippen molar-refractivity contribution in [1.29, 1.82) is 0 Å². The average Bonchev–Trinajstić information content (AvgIpc) is 2.30. The van der Waals surface area contributed by atoms with E-state index in [-0.39, 0.29) is 12.5 Å². The number of amides is 1. The summed E-state index contributed by atoms with van der Waals surface area (Å²) in [4.78, 5) is 11.3. The Morgan fingerprint density at radius 2 is 2.13 bits per heavy atom. The van der Waals surface area contributed by atoms with Crippen molar-refractivity contribution in [3.63, 3.8) is 0 Å². The Bertz CT molecular complexity index is 218. The largest absolute Gasteiger partial charge is 0.390 e. The lowest BCUT2D eigenvalue weighted by molar-refractivity contribution is -0.135. The van der Waals surface area contributed by atoms with E-state index < -0.39 is 18.6 Å². The first-order chi connectivity index (χ1) is 6.99. The van der Waals surface area contributed by atoms with Crippen molar-refractivity contribution in [2.24, 2.45) is 0 Å². The fourth-order valence-corrected chi connectivity index (χ4v) is 1.52. The van der Waals surface area contributed by atoms with Gasteiger partial charge < -0.3 is 10.6 Å². The highest BCUT2D eigenvalue weighted by molar-refractivity contribution is 5.81. The molecule has 3 nitrogen and oxygen atoms in total. The van der Waals surface area contributed by atoms with Crippen LogP contribution >= 0.6 is 0 Å². The average molecular weight is 224 g/mol. The predicted octanol–water partition coefficient (Wildman–Crippen LogP) is 1.20. The molecule has 0 aromatic rings. The van der Waals surface area contributed by atoms with Crippen molar-refractivity contribution in [3.8, 4) is 0 Å². The Kier molecular flexibility index (Phi) is 4.38. The second-order valence-electron chi connectivity index (χ2n) is 3.66. The fraction of sp³-hybridized carbons (Fsp3) is 0.889. The van der Waals surface area contributed by atoms with Crippen LogP contribution in [0.1, 0.15) is 25.7 Å². The summed E-state index contributed by atoms with van der Waals surface area (Å²) in [5, 5.41) is 5.30. The van der Waals surface area contributed by atoms with Gasteiger partial charge in [0.1, 0.15) is 0 Å². The quantitative estimate of drug-likeness (QED) is 0.756. The monoisotopic (exact) mass is 224 g/mol. The Morgan fingerprint density at radius 3 is 2.80 bits per heavy atom. The van der Waals surface area contributed by atoms with Crippen LogP contribution in [-0.4, -0.2) is 31.2 Å². The van der Waals surface area contributed by atoms with E-state index in [1.54, 1.807) is 0 Å². The standard InChI is InChI=1S/C9H15F3N2O/c10-9(11,12)4-6-13-7-3-1-2-5-14-8(7)15/h7,13H,1-6H2,(H,14,15). The third-order valence-corrected chi connectivity index (χ3v) is 2.33. The highest BCUT2D eigenvalue weighted by atomic mass is 19.4. The van der Waals surface area contributed by atoms with Crippen molar-refractivity contribution in [3.05, 3.63) is 0 Å². The number of carbonyl (C=O) groups excluding carboxylic acids is 1. The van der Waals surface area contributed by atoms with Gasteiger partial charge in [0.2, 0.25) is 5.91 Å². The molecular weight excluding hydrogens is 209 g/mol. The summed E-state index contributed by atoms with van der Waals surface area (Å²) in [5.41, 5.74) is 0. The summed E-state index contributed by atoms with van der Waals surface area (Å²) in [6.45, 7) is 0.428. The molecule has 1 fully saturated rings. The molecule has 0 aliphatic carbocycles. The summed E-state index contributed by atoms with van der Waals surface area (Å²) >= 11 is 0. The van der Waals surface area contributed by atoms with Gasteiger partial charge >= 0.3 is 6.18 Å². The highest BCUT2D eigenvalue weighted by Gasteiger charge is 2.27. The maximum atomic E-state index is 11.8. The number of hydrogen-bond donors (Lipinski definition) is 2. The zero-order chi connectivity index (χ0) is 11.3. The van der Waals surface area contributed by atoms with E-state index in [0.717, 1.165) is 12.8 Å². The topological polar surface area (TPSA) is 41.1 Å². The molecule has 1 amide bonds. The van der Waals surface area contributed by atoms with E-state index in [2.05, 4.69) is 10.6 Å². The zero-order valence-electron chi connectivity index (χ0n) is 8.36. The lowest BCUT2D eigenvalue weighted by atomic mass is 10.1. The molecule has 0 aromatic heterocycles. The number of halogens is 3. The van der Waals surface area contributed by atoms with E-state index in [4.69, 9.17) is 0 Å². The minimum atomic E-state index is -4.16. The molecule has 1 atom stereocenters. The number of nitrogens with one attached hydrogen (secondary N) is 2. The highest BCUT2D eigenvalue weighted by Crippen LogP contribution is 2.18. The summed E-state index contributed by atoms with van der Waals surface area (Å²) in [6, 6.07) is -0.463. The molecule has 1 rings (SSSR count). The number of alkyl halides is 3. The smallest absolute Gasteiger partial charge is 0.355 e. The molecular formula is C9H15F3N2O. The molecule has 0 radical (unpaired) electrons. The van der Waals surface area contributed by atoms with E-state index in [1.807, 2.05) is 0 Å². The van der Waals surface area contributed by atoms with Gasteiger partial charge in [-0.3, -0.25) is 4.79 Å². The van der Waals surface area contributed by atoms with Gasteiger partial charge in [0.15, 0.2) is 0 Å². The molecule has 1 unspecified atom stereocenters. The zero-order valence-corrected chi connectivity index (χ0v) is 8.36. The molecule has 0 saturated carbocycles. The van der Waals surface area contributed by atoms with E-state index in [1.165, 1.54) is 0 Å². The van der Waals surface area contributed by atoms with Gasteiger partial charge in [-0.1, -0.05) is 0 Å². The van der Waals surface area contributed by atoms with Crippen LogP contribution in [-0.2, 0) is 4.79 Å². The summed E-state index contributed by atoms with van der Waals surface area (Å²) in [5.74, 6) is -0.185. The molecule has 0 spiro atoms. The SMILES string of the molecule is O=C1NCCCCC1NCCC(F)(F)F. The summed E-state index contributed by atoms with van der Waals surface area (Å²) in [6.07, 6.45) is -2.68. The van der Waals surface area contributed by atoms with Crippen LogP contribution in [0, 0.1) is 0 Å². The van der Waals surface area contributed by atoms with Crippen LogP contribution in [0.4, 0.5) is 13.2 Å². The Labute approximate surface area is 86.4 Å². The van der Waals surface area contributed by atoms with Crippen LogP contribution < -0.4 is 10.6 Å². The van der Waals surface area contributed by atoms with Crippen molar-refractivity contribution in [2.45, 2.75) is 37.9 Å². The lowest BCUT2D eigenvalue weighted by Gasteiger charge is -2.15. The van der Waals surface area contributed by atoms with Gasteiger partial charge in [0.05, 0.1) is 12.5 Å². The van der Waals surface area contributed by atoms with Crippen molar-refractivity contribution in [2.75, 3.05) is 13.1 Å². The van der Waals surface area contributed by atoms with Gasteiger partial charge in [-0.05, 0) is 19.3 Å². The number of hydrogen-bond acceptors (Lipinski definition) is 2. The summed E-state index contributed by atoms with van der Waals surface area (Å²) in [7, 11) is 0. The molecule has 1 aliphatic heterocycles. The van der Waals surface area contributed by atoms with Crippen molar-refractivity contribution in [1.82, 2.24) is 10.6 Å². The Balaban J connectivity index is 2.27. The number of rotatable bonds is 3. The van der Waals surface area contributed by atoms with Crippen LogP contribution in [0.5, 0.6) is 0 Å². The van der Waals surface area contributed by atoms with Gasteiger partial charge in [-0.25, -0.2) is 0 Å². The van der Waals surface area contributed by atoms with Crippen molar-refractivity contribution >= 4 is 5.91 Å². The Hall–Kier alpha value is -0.780. The van der Waals surface area contributed by atoms with Crippen LogP contribution in [0.25, 0.3) is 0 Å². The first-order valence-electron chi connectivity index (χ1n) is 5.07. The Morgan fingerprint density at radius 1 is 1.40 bits per heavy atom. The van der Waals surface area contributed by atoms with E-state index in [0.29, 0.717) is 13.0 Å². The third kappa shape index (κ3) is 5.01. The fourth-order valence-electron chi connectivity index (χ4n) is 1.52. The van der Waals surface area contributed by atoms with E-state index in [9.17, 15) is 18.0 Å². The van der Waals surface area contributed by atoms with Gasteiger partial charge in [-0.2, -0.15) is 13.2 Å². The molecule has 0 bridgehead atoms. The third-order valence-electron chi connectivity index (χ3n) is 2.33. The first kappa shape index (κ1) is 12.3. The minimum absolute atomic E-state index is 0.185. The van der Waals surface area contributed by atoms with Gasteiger partial charge in [0, 0.05) is 13.1 Å². The van der Waals surface area contributed by atoms with Gasteiger partial charge in [0.25, 0.3) is 0 Å². The lowest BCUT2D eigenvalue weighted by Crippen LogP contribution is -2.43. The second-order valence-corrected chi connectivity index (χ2v) is 3.66. The van der Waals surface area contributed by atoms with Crippen LogP contribution in [0.3, 0.4) is 0 Å².